The lowest BCUT2D eigenvalue weighted by Gasteiger charge is -2.05. The van der Waals surface area contributed by atoms with Crippen LogP contribution in [-0.2, 0) is 0 Å². The monoisotopic (exact) mass is 319 g/mol. The molecule has 1 aromatic heterocycles. The summed E-state index contributed by atoms with van der Waals surface area (Å²) in [5.74, 6) is -1.71. The van der Waals surface area contributed by atoms with Crippen LogP contribution in [0.2, 0.25) is 5.02 Å². The van der Waals surface area contributed by atoms with E-state index in [0.717, 1.165) is 10.7 Å². The van der Waals surface area contributed by atoms with Gasteiger partial charge in [-0.05, 0) is 28.1 Å². The predicted octanol–water partition coefficient (Wildman–Crippen LogP) is 2.52. The van der Waals surface area contributed by atoms with Crippen LogP contribution in [0.4, 0.5) is 4.39 Å². The van der Waals surface area contributed by atoms with Gasteiger partial charge in [0.1, 0.15) is 5.82 Å². The van der Waals surface area contributed by atoms with Crippen molar-refractivity contribution in [2.45, 2.75) is 0 Å². The maximum atomic E-state index is 13.0. The topological polar surface area (TPSA) is 68.0 Å². The summed E-state index contributed by atoms with van der Waals surface area (Å²) in [6.07, 6.45) is 1.19. The number of halogens is 3. The van der Waals surface area contributed by atoms with E-state index in [9.17, 15) is 9.18 Å². The average molecular weight is 321 g/mol. The Bertz CT molecular complexity index is 579. The summed E-state index contributed by atoms with van der Waals surface area (Å²) in [6.45, 7) is 0. The molecular weight excluding hydrogens is 316 g/mol. The molecular formula is C9H4BrClFN3O2. The lowest BCUT2D eigenvalue weighted by molar-refractivity contribution is 0.0690. The zero-order chi connectivity index (χ0) is 12.6. The number of carbonyl (C=O) groups is 1. The highest BCUT2D eigenvalue weighted by atomic mass is 79.9. The normalized spacial score (nSPS) is 10.5. The summed E-state index contributed by atoms with van der Waals surface area (Å²) in [4.78, 5) is 10.6. The smallest absolute Gasteiger partial charge is 0.358 e. The number of benzene rings is 1. The van der Waals surface area contributed by atoms with Gasteiger partial charge in [0.05, 0.1) is 16.9 Å². The van der Waals surface area contributed by atoms with E-state index >= 15 is 0 Å². The van der Waals surface area contributed by atoms with Gasteiger partial charge in [0.15, 0.2) is 5.69 Å². The minimum absolute atomic E-state index is 0.0960. The van der Waals surface area contributed by atoms with E-state index < -0.39 is 11.8 Å². The molecule has 1 N–H and O–H groups in total. The number of carboxylic acids is 1. The molecule has 5 nitrogen and oxygen atoms in total. The second kappa shape index (κ2) is 4.42. The molecule has 0 amide bonds. The molecule has 0 bridgehead atoms. The third-order valence-electron chi connectivity index (χ3n) is 1.92. The van der Waals surface area contributed by atoms with Crippen molar-refractivity contribution >= 4 is 33.5 Å². The van der Waals surface area contributed by atoms with Gasteiger partial charge in [-0.15, -0.1) is 5.10 Å². The first-order valence-corrected chi connectivity index (χ1v) is 5.46. The number of carboxylic acid groups (broad SMARTS) is 1. The first-order chi connectivity index (χ1) is 7.99. The Morgan fingerprint density at radius 3 is 2.76 bits per heavy atom. The van der Waals surface area contributed by atoms with Crippen LogP contribution in [0.1, 0.15) is 10.5 Å². The van der Waals surface area contributed by atoms with Crippen LogP contribution < -0.4 is 0 Å². The van der Waals surface area contributed by atoms with Crippen molar-refractivity contribution in [1.82, 2.24) is 15.0 Å². The van der Waals surface area contributed by atoms with E-state index in [4.69, 9.17) is 16.7 Å². The van der Waals surface area contributed by atoms with Crippen LogP contribution >= 0.6 is 27.5 Å². The van der Waals surface area contributed by atoms with E-state index in [1.165, 1.54) is 12.3 Å². The van der Waals surface area contributed by atoms with Gasteiger partial charge in [-0.25, -0.2) is 13.9 Å². The summed E-state index contributed by atoms with van der Waals surface area (Å²) in [5, 5.41) is 15.8. The van der Waals surface area contributed by atoms with Gasteiger partial charge >= 0.3 is 5.97 Å². The van der Waals surface area contributed by atoms with Crippen molar-refractivity contribution in [1.29, 1.82) is 0 Å². The molecule has 0 aliphatic carbocycles. The number of hydrogen-bond acceptors (Lipinski definition) is 3. The third kappa shape index (κ3) is 2.29. The van der Waals surface area contributed by atoms with Crippen LogP contribution in [0, 0.1) is 5.82 Å². The first kappa shape index (κ1) is 12.0. The molecule has 0 spiro atoms. The Labute approximate surface area is 108 Å². The highest BCUT2D eigenvalue weighted by Gasteiger charge is 2.14. The van der Waals surface area contributed by atoms with E-state index in [0.29, 0.717) is 10.2 Å². The number of aromatic nitrogens is 3. The van der Waals surface area contributed by atoms with Gasteiger partial charge in [0.25, 0.3) is 0 Å². The van der Waals surface area contributed by atoms with Crippen molar-refractivity contribution in [2.75, 3.05) is 0 Å². The van der Waals surface area contributed by atoms with Crippen molar-refractivity contribution < 1.29 is 14.3 Å². The van der Waals surface area contributed by atoms with Crippen molar-refractivity contribution in [2.24, 2.45) is 0 Å². The fourth-order valence-corrected chi connectivity index (χ4v) is 2.25. The third-order valence-corrected chi connectivity index (χ3v) is 2.82. The molecule has 1 heterocycles. The molecule has 2 aromatic rings. The minimum atomic E-state index is -1.20. The van der Waals surface area contributed by atoms with Crippen molar-refractivity contribution in [3.8, 4) is 5.69 Å². The summed E-state index contributed by atoms with van der Waals surface area (Å²) >= 11 is 8.97. The lowest BCUT2D eigenvalue weighted by atomic mass is 10.3. The second-order valence-electron chi connectivity index (χ2n) is 3.07. The lowest BCUT2D eigenvalue weighted by Crippen LogP contribution is -1.98. The zero-order valence-corrected chi connectivity index (χ0v) is 10.4. The molecule has 0 unspecified atom stereocenters. The minimum Gasteiger partial charge on any atom is -0.476 e. The highest BCUT2D eigenvalue weighted by Crippen LogP contribution is 2.29. The van der Waals surface area contributed by atoms with E-state index in [2.05, 4.69) is 26.2 Å². The molecule has 0 saturated heterocycles. The standard InChI is InChI=1S/C9H4BrClFN3O2/c10-5-1-4(12)2-6(11)8(5)15-3-7(9(16)17)13-14-15/h1-3H,(H,16,17). The largest absolute Gasteiger partial charge is 0.476 e. The van der Waals surface area contributed by atoms with Crippen LogP contribution in [0.15, 0.2) is 22.8 Å². The van der Waals surface area contributed by atoms with Gasteiger partial charge in [-0.2, -0.15) is 0 Å². The molecule has 8 heteroatoms. The molecule has 0 fully saturated rings. The quantitative estimate of drug-likeness (QED) is 0.923. The fourth-order valence-electron chi connectivity index (χ4n) is 1.22. The Morgan fingerprint density at radius 1 is 1.53 bits per heavy atom. The van der Waals surface area contributed by atoms with Crippen LogP contribution in [0.3, 0.4) is 0 Å². The molecule has 0 aliphatic heterocycles. The van der Waals surface area contributed by atoms with Crippen LogP contribution in [0.25, 0.3) is 5.69 Å². The number of nitrogens with zero attached hydrogens (tertiary/aromatic N) is 3. The molecule has 17 heavy (non-hydrogen) atoms. The van der Waals surface area contributed by atoms with E-state index in [1.54, 1.807) is 0 Å². The molecule has 0 aliphatic rings. The Kier molecular flexibility index (Phi) is 3.12. The molecule has 0 atom stereocenters. The van der Waals surface area contributed by atoms with Gasteiger partial charge in [-0.3, -0.25) is 0 Å². The molecule has 0 saturated carbocycles. The van der Waals surface area contributed by atoms with Crippen molar-refractivity contribution in [3.63, 3.8) is 0 Å². The summed E-state index contributed by atoms with van der Waals surface area (Å²) in [5.41, 5.74) is 0.102. The van der Waals surface area contributed by atoms with Crippen LogP contribution in [-0.4, -0.2) is 26.1 Å². The maximum absolute atomic E-state index is 13.0. The van der Waals surface area contributed by atoms with Gasteiger partial charge in [0, 0.05) is 4.47 Å². The van der Waals surface area contributed by atoms with Gasteiger partial charge in [-0.1, -0.05) is 16.8 Å². The number of aromatic carboxylic acids is 1. The summed E-state index contributed by atoms with van der Waals surface area (Å²) in [6, 6.07) is 2.30. The van der Waals surface area contributed by atoms with E-state index in [-0.39, 0.29) is 10.7 Å². The molecule has 2 rings (SSSR count). The number of rotatable bonds is 2. The first-order valence-electron chi connectivity index (χ1n) is 4.29. The van der Waals surface area contributed by atoms with Crippen LogP contribution in [0.5, 0.6) is 0 Å². The molecule has 0 radical (unpaired) electrons. The van der Waals surface area contributed by atoms with Gasteiger partial charge < -0.3 is 5.11 Å². The Hall–Kier alpha value is -1.47. The zero-order valence-electron chi connectivity index (χ0n) is 8.06. The Morgan fingerprint density at radius 2 is 2.24 bits per heavy atom. The second-order valence-corrected chi connectivity index (χ2v) is 4.33. The maximum Gasteiger partial charge on any atom is 0.358 e. The fraction of sp³-hybridized carbons (Fsp3) is 0. The molecule has 88 valence electrons. The van der Waals surface area contributed by atoms with Gasteiger partial charge in [0.2, 0.25) is 0 Å². The Balaban J connectivity index is 2.56. The average Bonchev–Trinajstić information content (AvgIpc) is 2.65. The van der Waals surface area contributed by atoms with E-state index in [1.807, 2.05) is 0 Å². The molecule has 1 aromatic carbocycles. The summed E-state index contributed by atoms with van der Waals surface area (Å²) in [7, 11) is 0. The van der Waals surface area contributed by atoms with Crippen molar-refractivity contribution in [3.05, 3.63) is 39.3 Å². The highest BCUT2D eigenvalue weighted by molar-refractivity contribution is 9.10. The summed E-state index contributed by atoms with van der Waals surface area (Å²) < 4.78 is 14.5. The predicted molar refractivity (Wildman–Crippen MR) is 61.0 cm³/mol. The number of hydrogen-bond donors (Lipinski definition) is 1. The SMILES string of the molecule is O=C(O)c1cn(-c2c(Cl)cc(F)cc2Br)nn1.